The lowest BCUT2D eigenvalue weighted by Crippen LogP contribution is -2.31. The van der Waals surface area contributed by atoms with E-state index < -0.39 is 17.2 Å². The number of aromatic nitrogens is 1. The van der Waals surface area contributed by atoms with E-state index in [1.54, 1.807) is 23.7 Å². The predicted molar refractivity (Wildman–Crippen MR) is 113 cm³/mol. The van der Waals surface area contributed by atoms with E-state index in [2.05, 4.69) is 0 Å². The number of nitrogens with zero attached hydrogens (tertiary/aromatic N) is 1. The normalized spacial score (nSPS) is 20.6. The highest BCUT2D eigenvalue weighted by Crippen LogP contribution is 2.42. The zero-order valence-electron chi connectivity index (χ0n) is 17.7. The van der Waals surface area contributed by atoms with Crippen molar-refractivity contribution < 1.29 is 18.6 Å². The van der Waals surface area contributed by atoms with Crippen molar-refractivity contribution in [3.8, 4) is 5.75 Å². The monoisotopic (exact) mass is 411 g/mol. The molecule has 0 amide bonds. The summed E-state index contributed by atoms with van der Waals surface area (Å²) in [6.07, 6.45) is 0.644. The average Bonchev–Trinajstić information content (AvgIpc) is 3.05. The van der Waals surface area contributed by atoms with Gasteiger partial charge in [0.15, 0.2) is 5.79 Å². The predicted octanol–water partition coefficient (Wildman–Crippen LogP) is 4.64. The standard InChI is InChI=1S/C24H26FNO4/c1-5-24(15-29-23(2,3)30-24)18-11-19(25)13-20(12-18)28-14-17-8-6-7-16-9-10-21(27)26(4)22(16)17/h6-13H,5,14-15H2,1-4H3. The van der Waals surface area contributed by atoms with Crippen molar-refractivity contribution in [2.75, 3.05) is 6.61 Å². The third-order valence-corrected chi connectivity index (χ3v) is 5.68. The Morgan fingerprint density at radius 3 is 2.67 bits per heavy atom. The third kappa shape index (κ3) is 3.73. The molecule has 0 bridgehead atoms. The highest BCUT2D eigenvalue weighted by atomic mass is 19.1. The second-order valence-electron chi connectivity index (χ2n) is 8.19. The van der Waals surface area contributed by atoms with E-state index in [0.717, 1.165) is 16.5 Å². The molecule has 3 aromatic rings. The second kappa shape index (κ2) is 7.52. The number of hydrogen-bond donors (Lipinski definition) is 0. The van der Waals surface area contributed by atoms with Crippen molar-refractivity contribution in [1.82, 2.24) is 4.57 Å². The van der Waals surface area contributed by atoms with Crippen LogP contribution in [-0.2, 0) is 28.7 Å². The van der Waals surface area contributed by atoms with Crippen LogP contribution < -0.4 is 10.3 Å². The van der Waals surface area contributed by atoms with Crippen LogP contribution in [0.15, 0.2) is 53.3 Å². The minimum Gasteiger partial charge on any atom is -0.489 e. The van der Waals surface area contributed by atoms with Gasteiger partial charge in [0, 0.05) is 24.7 Å². The minimum atomic E-state index is -0.725. The fraction of sp³-hybridized carbons (Fsp3) is 0.375. The Balaban J connectivity index is 1.65. The molecule has 0 N–H and O–H groups in total. The summed E-state index contributed by atoms with van der Waals surface area (Å²) in [4.78, 5) is 12.1. The lowest BCUT2D eigenvalue weighted by atomic mass is 9.91. The number of ether oxygens (including phenoxy) is 3. The summed E-state index contributed by atoms with van der Waals surface area (Å²) in [5, 5.41) is 0.946. The average molecular weight is 411 g/mol. The molecular formula is C24H26FNO4. The van der Waals surface area contributed by atoms with Crippen LogP contribution >= 0.6 is 0 Å². The summed E-state index contributed by atoms with van der Waals surface area (Å²) in [5.74, 6) is -0.713. The quantitative estimate of drug-likeness (QED) is 0.614. The first-order valence-corrected chi connectivity index (χ1v) is 10.1. The van der Waals surface area contributed by atoms with Crippen molar-refractivity contribution in [2.45, 2.75) is 45.2 Å². The van der Waals surface area contributed by atoms with Crippen LogP contribution in [-0.4, -0.2) is 17.0 Å². The fourth-order valence-electron chi connectivity index (χ4n) is 4.06. The van der Waals surface area contributed by atoms with Gasteiger partial charge in [-0.25, -0.2) is 4.39 Å². The zero-order valence-corrected chi connectivity index (χ0v) is 17.7. The molecular weight excluding hydrogens is 385 g/mol. The van der Waals surface area contributed by atoms with Crippen molar-refractivity contribution >= 4 is 10.9 Å². The number of fused-ring (bicyclic) bond motifs is 1. The maximum Gasteiger partial charge on any atom is 0.250 e. The SMILES string of the molecule is CCC1(c2cc(F)cc(OCc3cccc4ccc(=O)n(C)c34)c2)COC(C)(C)O1. The highest BCUT2D eigenvalue weighted by molar-refractivity contribution is 5.82. The molecule has 6 heteroatoms. The Morgan fingerprint density at radius 2 is 1.97 bits per heavy atom. The number of benzene rings is 2. The lowest BCUT2D eigenvalue weighted by molar-refractivity contribution is -0.164. The van der Waals surface area contributed by atoms with Gasteiger partial charge in [0.25, 0.3) is 5.56 Å². The molecule has 2 heterocycles. The van der Waals surface area contributed by atoms with Crippen LogP contribution in [0, 0.1) is 5.82 Å². The van der Waals surface area contributed by atoms with E-state index in [0.29, 0.717) is 24.3 Å². The Kier molecular flexibility index (Phi) is 5.16. The number of aryl methyl sites for hydroxylation is 1. The van der Waals surface area contributed by atoms with E-state index >= 15 is 0 Å². The maximum atomic E-state index is 14.5. The van der Waals surface area contributed by atoms with Gasteiger partial charge in [0.05, 0.1) is 12.1 Å². The van der Waals surface area contributed by atoms with Gasteiger partial charge < -0.3 is 18.8 Å². The van der Waals surface area contributed by atoms with E-state index in [-0.39, 0.29) is 12.2 Å². The van der Waals surface area contributed by atoms with E-state index in [4.69, 9.17) is 14.2 Å². The van der Waals surface area contributed by atoms with Crippen LogP contribution in [0.5, 0.6) is 5.75 Å². The number of rotatable bonds is 5. The molecule has 30 heavy (non-hydrogen) atoms. The van der Waals surface area contributed by atoms with Crippen LogP contribution in [0.4, 0.5) is 4.39 Å². The van der Waals surface area contributed by atoms with Gasteiger partial charge in [-0.2, -0.15) is 0 Å². The zero-order chi connectivity index (χ0) is 21.5. The topological polar surface area (TPSA) is 49.7 Å². The number of pyridine rings is 1. The Hall–Kier alpha value is -2.70. The molecule has 5 nitrogen and oxygen atoms in total. The summed E-state index contributed by atoms with van der Waals surface area (Å²) in [7, 11) is 1.73. The summed E-state index contributed by atoms with van der Waals surface area (Å²) in [6.45, 7) is 6.26. The van der Waals surface area contributed by atoms with Crippen molar-refractivity contribution in [3.05, 3.63) is 75.8 Å². The molecule has 1 aromatic heterocycles. The van der Waals surface area contributed by atoms with Crippen LogP contribution in [0.3, 0.4) is 0 Å². The number of hydrogen-bond acceptors (Lipinski definition) is 4. The molecule has 0 saturated carbocycles. The first-order chi connectivity index (χ1) is 14.2. The van der Waals surface area contributed by atoms with Gasteiger partial charge in [0.2, 0.25) is 0 Å². The van der Waals surface area contributed by atoms with Gasteiger partial charge in [0.1, 0.15) is 23.8 Å². The van der Waals surface area contributed by atoms with E-state index in [9.17, 15) is 9.18 Å². The van der Waals surface area contributed by atoms with Crippen molar-refractivity contribution in [1.29, 1.82) is 0 Å². The molecule has 1 aliphatic rings. The molecule has 0 aliphatic carbocycles. The molecule has 1 saturated heterocycles. The van der Waals surface area contributed by atoms with Crippen molar-refractivity contribution in [3.63, 3.8) is 0 Å². The third-order valence-electron chi connectivity index (χ3n) is 5.68. The molecule has 0 spiro atoms. The number of para-hydroxylation sites is 1. The highest BCUT2D eigenvalue weighted by Gasteiger charge is 2.45. The Labute approximate surface area is 175 Å². The summed E-state index contributed by atoms with van der Waals surface area (Å²) >= 11 is 0. The fourth-order valence-corrected chi connectivity index (χ4v) is 4.06. The Morgan fingerprint density at radius 1 is 1.17 bits per heavy atom. The molecule has 2 aromatic carbocycles. The summed E-state index contributed by atoms with van der Waals surface area (Å²) < 4.78 is 33.9. The maximum absolute atomic E-state index is 14.5. The smallest absolute Gasteiger partial charge is 0.250 e. The molecule has 1 aliphatic heterocycles. The van der Waals surface area contributed by atoms with Crippen LogP contribution in [0.2, 0.25) is 0 Å². The second-order valence-corrected chi connectivity index (χ2v) is 8.19. The first-order valence-electron chi connectivity index (χ1n) is 10.1. The molecule has 1 fully saturated rings. The van der Waals surface area contributed by atoms with Crippen LogP contribution in [0.1, 0.15) is 38.3 Å². The van der Waals surface area contributed by atoms with Gasteiger partial charge in [-0.1, -0.05) is 25.1 Å². The molecule has 1 atom stereocenters. The molecule has 1 unspecified atom stereocenters. The summed E-state index contributed by atoms with van der Waals surface area (Å²) in [5.41, 5.74) is 1.54. The molecule has 4 rings (SSSR count). The molecule has 158 valence electrons. The summed E-state index contributed by atoms with van der Waals surface area (Å²) in [6, 6.07) is 13.8. The largest absolute Gasteiger partial charge is 0.489 e. The van der Waals surface area contributed by atoms with Gasteiger partial charge in [-0.3, -0.25) is 4.79 Å². The number of halogens is 1. The van der Waals surface area contributed by atoms with Crippen LogP contribution in [0.25, 0.3) is 10.9 Å². The van der Waals surface area contributed by atoms with E-state index in [1.807, 2.05) is 45.0 Å². The van der Waals surface area contributed by atoms with E-state index in [1.165, 1.54) is 12.1 Å². The minimum absolute atomic E-state index is 0.0890. The van der Waals surface area contributed by atoms with Gasteiger partial charge in [-0.15, -0.1) is 0 Å². The Bertz CT molecular complexity index is 1150. The van der Waals surface area contributed by atoms with Crippen molar-refractivity contribution in [2.24, 2.45) is 7.05 Å². The first kappa shape index (κ1) is 20.6. The van der Waals surface area contributed by atoms with Gasteiger partial charge in [-0.05, 0) is 49.4 Å². The molecule has 0 radical (unpaired) electrons. The van der Waals surface area contributed by atoms with Gasteiger partial charge >= 0.3 is 0 Å². The lowest BCUT2D eigenvalue weighted by Gasteiger charge is -2.29.